The predicted octanol–water partition coefficient (Wildman–Crippen LogP) is 1.71. The van der Waals surface area contributed by atoms with Gasteiger partial charge in [-0.3, -0.25) is 15.0 Å². The van der Waals surface area contributed by atoms with Gasteiger partial charge in [0.15, 0.2) is 0 Å². The van der Waals surface area contributed by atoms with E-state index in [4.69, 9.17) is 5.11 Å². The summed E-state index contributed by atoms with van der Waals surface area (Å²) in [5.74, 6) is -0.131. The number of aromatic nitrogens is 2. The molecular formula is C14H21N5O3S2. The predicted molar refractivity (Wildman–Crippen MR) is 92.6 cm³/mol. The average Bonchev–Trinajstić information content (AvgIpc) is 3.18. The molecule has 0 saturated heterocycles. The smallest absolute Gasteiger partial charge is 0.321 e. The van der Waals surface area contributed by atoms with Crippen LogP contribution in [0.5, 0.6) is 0 Å². The lowest BCUT2D eigenvalue weighted by molar-refractivity contribution is -0.139. The second-order valence-corrected chi connectivity index (χ2v) is 7.80. The number of nitrogens with one attached hydrogen (secondary N) is 2. The van der Waals surface area contributed by atoms with Crippen LogP contribution in [-0.2, 0) is 4.79 Å². The maximum absolute atomic E-state index is 12.0. The average molecular weight is 371 g/mol. The van der Waals surface area contributed by atoms with Crippen molar-refractivity contribution in [1.82, 2.24) is 19.6 Å². The molecule has 2 fully saturated rings. The summed E-state index contributed by atoms with van der Waals surface area (Å²) in [7, 11) is 0. The summed E-state index contributed by atoms with van der Waals surface area (Å²) in [5.41, 5.74) is 0. The molecule has 8 nitrogen and oxygen atoms in total. The summed E-state index contributed by atoms with van der Waals surface area (Å²) in [6, 6.07) is 0.0456. The molecule has 1 aromatic rings. The Bertz CT molecular complexity index is 601. The van der Waals surface area contributed by atoms with Gasteiger partial charge in [0.2, 0.25) is 10.3 Å². The molecule has 0 bridgehead atoms. The van der Waals surface area contributed by atoms with Crippen LogP contribution in [0.15, 0.2) is 5.16 Å². The van der Waals surface area contributed by atoms with Crippen molar-refractivity contribution >= 4 is 40.4 Å². The zero-order chi connectivity index (χ0) is 17.1. The third kappa shape index (κ3) is 4.81. The van der Waals surface area contributed by atoms with E-state index in [0.29, 0.717) is 16.2 Å². The third-order valence-electron chi connectivity index (χ3n) is 4.30. The summed E-state index contributed by atoms with van der Waals surface area (Å²) < 4.78 is 4.09. The van der Waals surface area contributed by atoms with Crippen molar-refractivity contribution in [1.29, 1.82) is 0 Å². The van der Waals surface area contributed by atoms with Gasteiger partial charge < -0.3 is 10.4 Å². The van der Waals surface area contributed by atoms with Gasteiger partial charge in [-0.25, -0.2) is 4.79 Å². The SMILES string of the molecule is CSc1nsc(NC(=O)NC2CC(N(CC(=O)O)CC3CC3)C2)n1. The highest BCUT2D eigenvalue weighted by atomic mass is 32.2. The fraction of sp³-hybridized carbons (Fsp3) is 0.714. The Kier molecular flexibility index (Phi) is 5.57. The van der Waals surface area contributed by atoms with E-state index in [1.54, 1.807) is 0 Å². The fourth-order valence-corrected chi connectivity index (χ4v) is 3.94. The van der Waals surface area contributed by atoms with E-state index in [9.17, 15) is 9.59 Å². The minimum absolute atomic E-state index is 0.0819. The standard InChI is InChI=1S/C14H21N5O3S2/c1-23-14-17-13(24-18-14)16-12(22)15-9-4-10(5-9)19(7-11(20)21)6-8-2-3-8/h8-10H,2-7H2,1H3,(H,20,21)(H2,15,16,17,18,22). The van der Waals surface area contributed by atoms with Gasteiger partial charge in [-0.1, -0.05) is 11.8 Å². The summed E-state index contributed by atoms with van der Waals surface area (Å²) in [4.78, 5) is 29.2. The van der Waals surface area contributed by atoms with Crippen molar-refractivity contribution in [2.45, 2.75) is 42.9 Å². The van der Waals surface area contributed by atoms with Crippen LogP contribution in [0, 0.1) is 5.92 Å². The third-order valence-corrected chi connectivity index (χ3v) is 5.60. The topological polar surface area (TPSA) is 107 Å². The quantitative estimate of drug-likeness (QED) is 0.597. The van der Waals surface area contributed by atoms with E-state index in [1.165, 1.54) is 24.6 Å². The van der Waals surface area contributed by atoms with Crippen LogP contribution in [0.25, 0.3) is 0 Å². The molecule has 0 radical (unpaired) electrons. The number of amides is 2. The Hall–Kier alpha value is -1.39. The highest BCUT2D eigenvalue weighted by molar-refractivity contribution is 7.98. The Morgan fingerprint density at radius 1 is 1.42 bits per heavy atom. The highest BCUT2D eigenvalue weighted by Gasteiger charge is 2.37. The first kappa shape index (κ1) is 17.4. The number of urea groups is 1. The Balaban J connectivity index is 1.41. The largest absolute Gasteiger partial charge is 0.480 e. The van der Waals surface area contributed by atoms with E-state index in [0.717, 1.165) is 30.9 Å². The van der Waals surface area contributed by atoms with Gasteiger partial charge in [0.05, 0.1) is 6.54 Å². The monoisotopic (exact) mass is 371 g/mol. The van der Waals surface area contributed by atoms with Crippen molar-refractivity contribution in [3.05, 3.63) is 0 Å². The lowest BCUT2D eigenvalue weighted by atomic mass is 9.85. The molecule has 132 valence electrons. The maximum atomic E-state index is 12.0. The van der Waals surface area contributed by atoms with E-state index in [1.807, 2.05) is 11.2 Å². The van der Waals surface area contributed by atoms with E-state index in [-0.39, 0.29) is 24.7 Å². The van der Waals surface area contributed by atoms with E-state index in [2.05, 4.69) is 20.0 Å². The molecule has 0 atom stereocenters. The lowest BCUT2D eigenvalue weighted by Crippen LogP contribution is -2.55. The molecule has 10 heteroatoms. The number of aliphatic carboxylic acids is 1. The van der Waals surface area contributed by atoms with Crippen molar-refractivity contribution in [2.75, 3.05) is 24.7 Å². The molecule has 3 N–H and O–H groups in total. The Morgan fingerprint density at radius 2 is 2.17 bits per heavy atom. The summed E-state index contributed by atoms with van der Waals surface area (Å²) >= 11 is 2.58. The Morgan fingerprint density at radius 3 is 2.75 bits per heavy atom. The number of rotatable bonds is 8. The molecule has 1 heterocycles. The van der Waals surface area contributed by atoms with Crippen LogP contribution in [0.1, 0.15) is 25.7 Å². The fourth-order valence-electron chi connectivity index (χ4n) is 2.81. The minimum Gasteiger partial charge on any atom is -0.480 e. The Labute approximate surface area is 148 Å². The molecule has 0 unspecified atom stereocenters. The molecular weight excluding hydrogens is 350 g/mol. The van der Waals surface area contributed by atoms with Crippen LogP contribution in [-0.4, -0.2) is 62.8 Å². The van der Waals surface area contributed by atoms with Crippen molar-refractivity contribution in [3.63, 3.8) is 0 Å². The second-order valence-electron chi connectivity index (χ2n) is 6.27. The maximum Gasteiger partial charge on any atom is 0.321 e. The first-order chi connectivity index (χ1) is 11.5. The molecule has 2 saturated carbocycles. The first-order valence-corrected chi connectivity index (χ1v) is 9.94. The van der Waals surface area contributed by atoms with Gasteiger partial charge in [-0.2, -0.15) is 9.36 Å². The number of carbonyl (C=O) groups excluding carboxylic acids is 1. The molecule has 2 aliphatic carbocycles. The molecule has 2 amide bonds. The van der Waals surface area contributed by atoms with Crippen LogP contribution >= 0.6 is 23.3 Å². The number of carboxylic acid groups (broad SMARTS) is 1. The zero-order valence-electron chi connectivity index (χ0n) is 13.4. The normalized spacial score (nSPS) is 22.9. The van der Waals surface area contributed by atoms with Gasteiger partial charge in [-0.05, 0) is 37.9 Å². The highest BCUT2D eigenvalue weighted by Crippen LogP contribution is 2.33. The van der Waals surface area contributed by atoms with Crippen LogP contribution in [0.2, 0.25) is 0 Å². The van der Waals surface area contributed by atoms with Crippen molar-refractivity contribution in [3.8, 4) is 0 Å². The molecule has 2 aliphatic rings. The molecule has 1 aromatic heterocycles. The molecule has 0 aromatic carbocycles. The van der Waals surface area contributed by atoms with Gasteiger partial charge in [0, 0.05) is 30.2 Å². The van der Waals surface area contributed by atoms with Crippen LogP contribution < -0.4 is 10.6 Å². The van der Waals surface area contributed by atoms with Gasteiger partial charge >= 0.3 is 12.0 Å². The summed E-state index contributed by atoms with van der Waals surface area (Å²) in [6.45, 7) is 0.945. The lowest BCUT2D eigenvalue weighted by Gasteiger charge is -2.42. The minimum atomic E-state index is -0.786. The van der Waals surface area contributed by atoms with Crippen LogP contribution in [0.3, 0.4) is 0 Å². The van der Waals surface area contributed by atoms with E-state index >= 15 is 0 Å². The number of carboxylic acids is 1. The van der Waals surface area contributed by atoms with E-state index < -0.39 is 5.97 Å². The number of thioether (sulfide) groups is 1. The summed E-state index contributed by atoms with van der Waals surface area (Å²) in [6.07, 6.45) is 5.86. The zero-order valence-corrected chi connectivity index (χ0v) is 15.0. The molecule has 3 rings (SSSR count). The summed E-state index contributed by atoms with van der Waals surface area (Å²) in [5, 5.41) is 15.8. The molecule has 0 aliphatic heterocycles. The molecule has 24 heavy (non-hydrogen) atoms. The van der Waals surface area contributed by atoms with Gasteiger partial charge in [-0.15, -0.1) is 0 Å². The molecule has 0 spiro atoms. The van der Waals surface area contributed by atoms with Crippen molar-refractivity contribution < 1.29 is 14.7 Å². The number of nitrogens with zero attached hydrogens (tertiary/aromatic N) is 3. The number of hydrogen-bond donors (Lipinski definition) is 3. The number of anilines is 1. The number of hydrogen-bond acceptors (Lipinski definition) is 7. The van der Waals surface area contributed by atoms with Gasteiger partial charge in [0.25, 0.3) is 0 Å². The van der Waals surface area contributed by atoms with Crippen molar-refractivity contribution in [2.24, 2.45) is 5.92 Å². The second kappa shape index (κ2) is 7.66. The van der Waals surface area contributed by atoms with Crippen LogP contribution in [0.4, 0.5) is 9.93 Å². The number of carbonyl (C=O) groups is 2. The van der Waals surface area contributed by atoms with Gasteiger partial charge in [0.1, 0.15) is 0 Å². The first-order valence-electron chi connectivity index (χ1n) is 7.94.